The maximum absolute atomic E-state index is 13.3. The lowest BCUT2D eigenvalue weighted by Crippen LogP contribution is -2.67. The van der Waals surface area contributed by atoms with Gasteiger partial charge in [0.15, 0.2) is 5.66 Å². The molecule has 13 heteroatoms. The number of aliphatic imine (C=N–C) groups is 1. The van der Waals surface area contributed by atoms with Gasteiger partial charge in [0.2, 0.25) is 20.2 Å². The van der Waals surface area contributed by atoms with Gasteiger partial charge in [-0.1, -0.05) is 41.5 Å². The largest absolute Gasteiger partial charge is 0.460 e. The number of nitrogens with one attached hydrogen (secondary N) is 1. The molecule has 0 aromatic rings. The van der Waals surface area contributed by atoms with Gasteiger partial charge >= 0.3 is 18.0 Å². The summed E-state index contributed by atoms with van der Waals surface area (Å²) in [5, 5.41) is 4.04. The van der Waals surface area contributed by atoms with Gasteiger partial charge in [-0.15, -0.1) is 5.06 Å². The van der Waals surface area contributed by atoms with Crippen LogP contribution in [-0.4, -0.2) is 84.2 Å². The SMILES string of the molecule is CC(=O)O[C@@H](C)[C@H]1N(C(C)=O)C(NC(=O)OC(C)(C)C)=N[C@]12[C@@H](O[Si](C(C)C)(C(C)C)C(C)C)CCN2OC(C)=O. The summed E-state index contributed by atoms with van der Waals surface area (Å²) >= 11 is 0. The van der Waals surface area contributed by atoms with Crippen LogP contribution in [0.4, 0.5) is 4.79 Å². The number of alkyl carbamates (subject to hydrolysis) is 1. The van der Waals surface area contributed by atoms with Crippen LogP contribution in [0.25, 0.3) is 0 Å². The molecule has 41 heavy (non-hydrogen) atoms. The molecule has 2 aliphatic rings. The van der Waals surface area contributed by atoms with E-state index in [0.717, 1.165) is 0 Å². The zero-order valence-electron chi connectivity index (χ0n) is 27.0. The van der Waals surface area contributed by atoms with E-state index in [4.69, 9.17) is 23.7 Å². The third-order valence-corrected chi connectivity index (χ3v) is 13.8. The minimum Gasteiger partial charge on any atom is -0.460 e. The van der Waals surface area contributed by atoms with Gasteiger partial charge in [0.05, 0.1) is 6.10 Å². The van der Waals surface area contributed by atoms with Gasteiger partial charge in [-0.3, -0.25) is 24.6 Å². The molecule has 0 bridgehead atoms. The fraction of sp³-hybridized carbons (Fsp3) is 0.821. The predicted octanol–water partition coefficient (Wildman–Crippen LogP) is 4.49. The van der Waals surface area contributed by atoms with E-state index in [9.17, 15) is 19.2 Å². The van der Waals surface area contributed by atoms with Crippen molar-refractivity contribution in [1.82, 2.24) is 15.3 Å². The van der Waals surface area contributed by atoms with Gasteiger partial charge in [0.1, 0.15) is 17.7 Å². The zero-order chi connectivity index (χ0) is 31.7. The Labute approximate surface area is 245 Å². The number of amides is 2. The van der Waals surface area contributed by atoms with Gasteiger partial charge in [0, 0.05) is 27.3 Å². The van der Waals surface area contributed by atoms with Crippen LogP contribution in [0.15, 0.2) is 4.99 Å². The fourth-order valence-corrected chi connectivity index (χ4v) is 12.2. The Kier molecular flexibility index (Phi) is 10.8. The number of esters is 1. The molecule has 0 saturated carbocycles. The molecule has 2 rings (SSSR count). The van der Waals surface area contributed by atoms with E-state index >= 15 is 0 Å². The first-order valence-corrected chi connectivity index (χ1v) is 16.6. The molecule has 234 valence electrons. The average molecular weight is 599 g/mol. The molecular weight excluding hydrogens is 548 g/mol. The van der Waals surface area contributed by atoms with Crippen LogP contribution in [0.2, 0.25) is 16.6 Å². The Balaban J connectivity index is 2.86. The van der Waals surface area contributed by atoms with Crippen molar-refractivity contribution in [2.45, 2.75) is 143 Å². The average Bonchev–Trinajstić information content (AvgIpc) is 3.27. The molecule has 2 aliphatic heterocycles. The van der Waals surface area contributed by atoms with E-state index in [-0.39, 0.29) is 29.1 Å². The van der Waals surface area contributed by atoms with Gasteiger partial charge in [-0.05, 0) is 50.7 Å². The number of rotatable bonds is 8. The number of carbonyl (C=O) groups is 4. The second-order valence-electron chi connectivity index (χ2n) is 12.9. The minimum absolute atomic E-state index is 0.102. The van der Waals surface area contributed by atoms with Crippen molar-refractivity contribution in [2.24, 2.45) is 4.99 Å². The molecule has 0 aromatic heterocycles. The van der Waals surface area contributed by atoms with E-state index in [0.29, 0.717) is 6.42 Å². The molecule has 12 nitrogen and oxygen atoms in total. The summed E-state index contributed by atoms with van der Waals surface area (Å²) in [5.41, 5.74) is -1.67. The summed E-state index contributed by atoms with van der Waals surface area (Å²) in [4.78, 5) is 62.6. The second kappa shape index (κ2) is 12.8. The van der Waals surface area contributed by atoms with Crippen LogP contribution in [-0.2, 0) is 33.1 Å². The van der Waals surface area contributed by atoms with Crippen LogP contribution in [0.3, 0.4) is 0 Å². The highest BCUT2D eigenvalue weighted by atomic mass is 28.4. The Hall–Kier alpha value is -2.51. The van der Waals surface area contributed by atoms with Crippen molar-refractivity contribution in [2.75, 3.05) is 6.54 Å². The summed E-state index contributed by atoms with van der Waals surface area (Å²) in [6, 6.07) is -1.00. The lowest BCUT2D eigenvalue weighted by molar-refractivity contribution is -0.226. The normalized spacial score (nSPS) is 24.2. The van der Waals surface area contributed by atoms with Crippen LogP contribution in [0, 0.1) is 0 Å². The molecule has 4 atom stereocenters. The summed E-state index contributed by atoms with van der Waals surface area (Å²) in [5.74, 6) is -1.71. The molecule has 1 spiro atoms. The Morgan fingerprint density at radius 1 is 0.951 bits per heavy atom. The molecule has 2 heterocycles. The van der Waals surface area contributed by atoms with E-state index in [1.807, 2.05) is 0 Å². The Morgan fingerprint density at radius 2 is 1.49 bits per heavy atom. The predicted molar refractivity (Wildman–Crippen MR) is 156 cm³/mol. The first-order valence-electron chi connectivity index (χ1n) is 14.4. The molecule has 1 saturated heterocycles. The van der Waals surface area contributed by atoms with E-state index in [1.54, 1.807) is 27.7 Å². The number of hydrogen-bond acceptors (Lipinski definition) is 10. The number of guanidine groups is 1. The molecule has 0 aromatic carbocycles. The molecule has 2 amide bonds. The molecule has 0 unspecified atom stereocenters. The third-order valence-electron chi connectivity index (χ3n) is 7.74. The smallest absolute Gasteiger partial charge is 0.414 e. The lowest BCUT2D eigenvalue weighted by atomic mass is 9.91. The Bertz CT molecular complexity index is 1020. The van der Waals surface area contributed by atoms with E-state index in [2.05, 4.69) is 46.9 Å². The highest BCUT2D eigenvalue weighted by Crippen LogP contribution is 2.50. The number of nitrogens with zero attached hydrogens (tertiary/aromatic N) is 3. The van der Waals surface area contributed by atoms with Crippen molar-refractivity contribution >= 4 is 38.2 Å². The fourth-order valence-electron chi connectivity index (χ4n) is 6.65. The van der Waals surface area contributed by atoms with E-state index in [1.165, 1.54) is 30.7 Å². The number of carbonyl (C=O) groups excluding carboxylic acids is 4. The Morgan fingerprint density at radius 3 is 1.90 bits per heavy atom. The van der Waals surface area contributed by atoms with Crippen molar-refractivity contribution < 1.29 is 37.9 Å². The monoisotopic (exact) mass is 598 g/mol. The summed E-state index contributed by atoms with van der Waals surface area (Å²) in [7, 11) is -2.55. The van der Waals surface area contributed by atoms with Crippen molar-refractivity contribution in [3.05, 3.63) is 0 Å². The molecule has 1 N–H and O–H groups in total. The van der Waals surface area contributed by atoms with E-state index < -0.39 is 61.8 Å². The number of hydrogen-bond donors (Lipinski definition) is 1. The third kappa shape index (κ3) is 7.11. The van der Waals surface area contributed by atoms with Gasteiger partial charge in [0.25, 0.3) is 0 Å². The number of hydroxylamine groups is 2. The van der Waals surface area contributed by atoms with Crippen molar-refractivity contribution in [1.29, 1.82) is 0 Å². The van der Waals surface area contributed by atoms with Gasteiger partial charge in [-0.25, -0.2) is 9.79 Å². The van der Waals surface area contributed by atoms with Gasteiger partial charge in [-0.2, -0.15) is 0 Å². The zero-order valence-corrected chi connectivity index (χ0v) is 28.0. The maximum Gasteiger partial charge on any atom is 0.414 e. The summed E-state index contributed by atoms with van der Waals surface area (Å²) in [6.45, 7) is 23.9. The lowest BCUT2D eigenvalue weighted by Gasteiger charge is -2.49. The topological polar surface area (TPSA) is 136 Å². The molecule has 0 aliphatic carbocycles. The summed E-state index contributed by atoms with van der Waals surface area (Å²) in [6.07, 6.45) is -1.98. The first-order chi connectivity index (χ1) is 18.7. The maximum atomic E-state index is 13.3. The molecular formula is C28H50N4O8Si. The van der Waals surface area contributed by atoms with Crippen molar-refractivity contribution in [3.8, 4) is 0 Å². The number of ether oxygens (including phenoxy) is 2. The minimum atomic E-state index is -2.55. The van der Waals surface area contributed by atoms with Crippen molar-refractivity contribution in [3.63, 3.8) is 0 Å². The standard InChI is InChI=1S/C28H50N4O8Si/c1-16(2)41(17(3)4,18(5)6)40-23-14-15-31(39-22(10)35)28(23)24(19(7)37-21(9)34)32(20(8)33)25(30-28)29-26(36)38-27(11,12)13/h16-19,23-24H,14-15H2,1-13H3,(H,29,30,36)/t19-,23-,24+,28-/m0/s1. The van der Waals surface area contributed by atoms with Crippen LogP contribution in [0.5, 0.6) is 0 Å². The quantitative estimate of drug-likeness (QED) is 0.317. The first kappa shape index (κ1) is 34.7. The highest BCUT2D eigenvalue weighted by molar-refractivity contribution is 6.77. The van der Waals surface area contributed by atoms with Crippen LogP contribution < -0.4 is 5.32 Å². The van der Waals surface area contributed by atoms with Crippen LogP contribution >= 0.6 is 0 Å². The highest BCUT2D eigenvalue weighted by Gasteiger charge is 2.67. The van der Waals surface area contributed by atoms with Gasteiger partial charge < -0.3 is 18.7 Å². The van der Waals surface area contributed by atoms with Crippen LogP contribution in [0.1, 0.15) is 96.4 Å². The second-order valence-corrected chi connectivity index (χ2v) is 18.3. The molecule has 0 radical (unpaired) electrons. The molecule has 1 fully saturated rings. The summed E-state index contributed by atoms with van der Waals surface area (Å²) < 4.78 is 18.4.